The molecule has 18 nitrogen and oxygen atoms in total. The minimum absolute atomic E-state index is 0.0141. The largest absolute Gasteiger partial charge is 0.482 e. The fraction of sp³-hybridized carbons (Fsp3) is 0.404. The van der Waals surface area contributed by atoms with Gasteiger partial charge in [0.15, 0.2) is 17.3 Å². The Balaban J connectivity index is 0.890. The van der Waals surface area contributed by atoms with Crippen molar-refractivity contribution in [2.24, 2.45) is 5.41 Å². The van der Waals surface area contributed by atoms with Crippen LogP contribution in [0.3, 0.4) is 0 Å². The number of hydrogen-bond acceptors (Lipinski definition) is 13. The van der Waals surface area contributed by atoms with E-state index in [0.717, 1.165) is 27.8 Å². The summed E-state index contributed by atoms with van der Waals surface area (Å²) in [6.45, 7) is 13.1. The van der Waals surface area contributed by atoms with Crippen molar-refractivity contribution in [3.05, 3.63) is 116 Å². The first-order valence-electron chi connectivity index (χ1n) is 24.0. The topological polar surface area (TPSA) is 242 Å². The Kier molecular flexibility index (Phi) is 17.3. The first-order valence-corrected chi connectivity index (χ1v) is 25.6. The van der Waals surface area contributed by atoms with Crippen molar-refractivity contribution in [3.63, 3.8) is 0 Å². The number of nitrogens with one attached hydrogen (secondary N) is 3. The number of rotatable bonds is 15. The fourth-order valence-corrected chi connectivity index (χ4v) is 10.7. The maximum Gasteiger partial charge on any atom is 0.276 e. The van der Waals surface area contributed by atoms with Crippen LogP contribution in [-0.2, 0) is 25.7 Å². The number of carbonyl (C=O) groups excluding carboxylic acids is 6. The van der Waals surface area contributed by atoms with E-state index >= 15 is 0 Å². The van der Waals surface area contributed by atoms with Crippen LogP contribution < -0.4 is 26.4 Å². The third-order valence-corrected chi connectivity index (χ3v) is 14.7. The van der Waals surface area contributed by atoms with Gasteiger partial charge in [-0.2, -0.15) is 0 Å². The number of β-amino-alcohol motifs (C(OH)–C–C–N with tert-alkyl or cyclic N) is 1. The maximum atomic E-state index is 14.2. The highest BCUT2D eigenvalue weighted by atomic mass is 35.5. The molecule has 4 heterocycles. The van der Waals surface area contributed by atoms with Gasteiger partial charge in [-0.15, -0.1) is 21.5 Å². The number of piperazine rings is 1. The van der Waals surface area contributed by atoms with E-state index in [1.165, 1.54) is 17.0 Å². The standard InChI is InChI=1S/C52H59Cl2FN10O8S/c1-27-23-63(50(71)33-12-14-34(15-13-33)59-48(69)38-21-40(47(56)62-61-38)73-30(4)43-36(53)16-17-37(55)44(43)54)24-28(2)65(27)42(68)19-18-41(67)60-46(52(5,6)7)51(72)64-25-35(66)20-39(64)49(70)57-22-31-8-10-32(11-9-31)45-29(3)58-26-74-45/h8-17,21,26-28,30,35,39,46,66H,18-20,22-25H2,1-7H3,(H2,56,62)(H,57,70)(H,59,69)(H,60,67)/t27-,28+,30?,35-,39+,46?/m1/s1. The van der Waals surface area contributed by atoms with Gasteiger partial charge in [-0.3, -0.25) is 28.8 Å². The Labute approximate surface area is 442 Å². The van der Waals surface area contributed by atoms with Crippen LogP contribution in [0.25, 0.3) is 10.4 Å². The summed E-state index contributed by atoms with van der Waals surface area (Å²) in [5.74, 6) is -3.53. The van der Waals surface area contributed by atoms with Crippen molar-refractivity contribution >= 4 is 81.5 Å². The van der Waals surface area contributed by atoms with E-state index in [4.69, 9.17) is 33.7 Å². The number of hydrogen-bond donors (Lipinski definition) is 5. The predicted octanol–water partition coefficient (Wildman–Crippen LogP) is 6.98. The smallest absolute Gasteiger partial charge is 0.276 e. The molecule has 22 heteroatoms. The molecular formula is C52H59Cl2FN10O8S. The van der Waals surface area contributed by atoms with Crippen LogP contribution in [0.4, 0.5) is 15.9 Å². The molecule has 7 rings (SSSR count). The Hall–Kier alpha value is -6.74. The summed E-state index contributed by atoms with van der Waals surface area (Å²) < 4.78 is 20.0. The lowest BCUT2D eigenvalue weighted by Gasteiger charge is -2.44. The number of carbonyl (C=O) groups is 6. The number of aliphatic hydroxyl groups is 1. The third-order valence-electron chi connectivity index (χ3n) is 13.0. The summed E-state index contributed by atoms with van der Waals surface area (Å²) in [6.07, 6.45) is -2.14. The molecule has 0 bridgehead atoms. The summed E-state index contributed by atoms with van der Waals surface area (Å²) in [5.41, 5.74) is 10.5. The number of nitrogens with two attached hydrogens (primary N) is 1. The van der Waals surface area contributed by atoms with Gasteiger partial charge in [0.2, 0.25) is 23.6 Å². The van der Waals surface area contributed by atoms with E-state index in [0.29, 0.717) is 11.3 Å². The van der Waals surface area contributed by atoms with Crippen LogP contribution in [0.5, 0.6) is 5.75 Å². The quantitative estimate of drug-likeness (QED) is 0.0668. The van der Waals surface area contributed by atoms with Gasteiger partial charge in [-0.25, -0.2) is 9.37 Å². The zero-order valence-electron chi connectivity index (χ0n) is 41.9. The first-order chi connectivity index (χ1) is 35.0. The van der Waals surface area contributed by atoms with Gasteiger partial charge in [0.05, 0.1) is 27.2 Å². The summed E-state index contributed by atoms with van der Waals surface area (Å²) in [6, 6.07) is 14.9. The van der Waals surface area contributed by atoms with E-state index in [2.05, 4.69) is 31.1 Å². The number of amides is 6. The Morgan fingerprint density at radius 3 is 2.26 bits per heavy atom. The number of aryl methyl sites for hydroxylation is 1. The number of nitrogens with zero attached hydrogens (tertiary/aromatic N) is 6. The van der Waals surface area contributed by atoms with Crippen molar-refractivity contribution in [2.75, 3.05) is 30.7 Å². The molecule has 6 N–H and O–H groups in total. The molecule has 0 aliphatic carbocycles. The average Bonchev–Trinajstić information content (AvgIpc) is 3.98. The molecule has 0 spiro atoms. The molecule has 0 radical (unpaired) electrons. The van der Waals surface area contributed by atoms with Crippen LogP contribution in [0.1, 0.15) is 105 Å². The molecule has 5 aromatic rings. The molecule has 2 saturated heterocycles. The van der Waals surface area contributed by atoms with Crippen molar-refractivity contribution in [1.82, 2.24) is 40.5 Å². The highest BCUT2D eigenvalue weighted by Crippen LogP contribution is 2.36. The van der Waals surface area contributed by atoms with Gasteiger partial charge >= 0.3 is 0 Å². The second-order valence-electron chi connectivity index (χ2n) is 19.7. The van der Waals surface area contributed by atoms with Gasteiger partial charge in [0.1, 0.15) is 24.0 Å². The molecule has 74 heavy (non-hydrogen) atoms. The number of benzene rings is 3. The monoisotopic (exact) mass is 1070 g/mol. The van der Waals surface area contributed by atoms with Crippen LogP contribution >= 0.6 is 34.5 Å². The number of thiazole rings is 1. The molecular weight excluding hydrogens is 1010 g/mol. The summed E-state index contributed by atoms with van der Waals surface area (Å²) >= 11 is 13.9. The number of aromatic nitrogens is 3. The summed E-state index contributed by atoms with van der Waals surface area (Å²) in [5, 5.41) is 26.7. The van der Waals surface area contributed by atoms with E-state index in [9.17, 15) is 38.3 Å². The molecule has 2 unspecified atom stereocenters. The maximum absolute atomic E-state index is 14.2. The second-order valence-corrected chi connectivity index (χ2v) is 21.3. The molecule has 2 aromatic heterocycles. The minimum Gasteiger partial charge on any atom is -0.482 e. The van der Waals surface area contributed by atoms with Crippen LogP contribution in [-0.4, -0.2) is 120 Å². The average molecular weight is 1070 g/mol. The van der Waals surface area contributed by atoms with E-state index in [-0.39, 0.29) is 90.1 Å². The van der Waals surface area contributed by atoms with Gasteiger partial charge in [0.25, 0.3) is 11.8 Å². The highest BCUT2D eigenvalue weighted by molar-refractivity contribution is 7.13. The zero-order chi connectivity index (χ0) is 53.8. The minimum atomic E-state index is -1.07. The zero-order valence-corrected chi connectivity index (χ0v) is 44.3. The molecule has 6 amide bonds. The molecule has 3 aromatic carbocycles. The lowest BCUT2D eigenvalue weighted by molar-refractivity contribution is -0.144. The number of likely N-dealkylation sites (tertiary alicyclic amines) is 1. The molecule has 2 aliphatic heterocycles. The highest BCUT2D eigenvalue weighted by Gasteiger charge is 2.45. The SMILES string of the molecule is Cc1ncsc1-c1ccc(CNC(=O)[C@@H]2C[C@@H](O)CN2C(=O)C(NC(=O)CCC(=O)N2[C@H](C)CN(C(=O)c3ccc(NC(=O)c4cc(OC(C)c5c(Cl)ccc(F)c5Cl)c(N)nn4)cc3)C[C@@H]2C)C(C)(C)C)cc1. The Bertz CT molecular complexity index is 2910. The van der Waals surface area contributed by atoms with Crippen molar-refractivity contribution in [3.8, 4) is 16.2 Å². The van der Waals surface area contributed by atoms with Gasteiger partial charge < -0.3 is 46.2 Å². The fourth-order valence-electron chi connectivity index (χ4n) is 9.17. The van der Waals surface area contributed by atoms with Crippen LogP contribution in [0, 0.1) is 18.2 Å². The summed E-state index contributed by atoms with van der Waals surface area (Å²) in [4.78, 5) is 91.9. The van der Waals surface area contributed by atoms with Gasteiger partial charge in [0, 0.05) is 85.4 Å². The lowest BCUT2D eigenvalue weighted by Crippen LogP contribution is -2.60. The number of aliphatic hydroxyl groups excluding tert-OH is 1. The number of halogens is 3. The second kappa shape index (κ2) is 23.2. The molecule has 392 valence electrons. The molecule has 0 saturated carbocycles. The van der Waals surface area contributed by atoms with E-state index < -0.39 is 71.2 Å². The number of ether oxygens (including phenoxy) is 1. The Morgan fingerprint density at radius 2 is 1.62 bits per heavy atom. The lowest BCUT2D eigenvalue weighted by atomic mass is 9.85. The predicted molar refractivity (Wildman–Crippen MR) is 279 cm³/mol. The van der Waals surface area contributed by atoms with Crippen molar-refractivity contribution in [1.29, 1.82) is 0 Å². The molecule has 2 fully saturated rings. The van der Waals surface area contributed by atoms with Gasteiger partial charge in [-0.05, 0) is 80.6 Å². The molecule has 6 atom stereocenters. The van der Waals surface area contributed by atoms with Crippen LogP contribution in [0.15, 0.2) is 72.2 Å². The Morgan fingerprint density at radius 1 is 0.946 bits per heavy atom. The summed E-state index contributed by atoms with van der Waals surface area (Å²) in [7, 11) is 0. The molecule has 2 aliphatic rings. The number of nitrogen functional groups attached to an aromatic ring is 1. The van der Waals surface area contributed by atoms with E-state index in [1.54, 1.807) is 78.6 Å². The van der Waals surface area contributed by atoms with Crippen molar-refractivity contribution in [2.45, 2.75) is 111 Å². The normalized spacial score (nSPS) is 18.6. The first kappa shape index (κ1) is 55.0. The number of anilines is 2. The third kappa shape index (κ3) is 12.8. The van der Waals surface area contributed by atoms with E-state index in [1.807, 2.05) is 45.0 Å². The van der Waals surface area contributed by atoms with Crippen LogP contribution in [0.2, 0.25) is 10.0 Å². The van der Waals surface area contributed by atoms with Gasteiger partial charge in [-0.1, -0.05) is 68.2 Å². The van der Waals surface area contributed by atoms with Crippen molar-refractivity contribution < 1.29 is 43.0 Å².